The summed E-state index contributed by atoms with van der Waals surface area (Å²) >= 11 is 1.95. The molecule has 5 nitrogen and oxygen atoms in total. The van der Waals surface area contributed by atoms with Crippen molar-refractivity contribution in [3.8, 4) is 0 Å². The number of allylic oxidation sites excluding steroid dienone is 2. The molecule has 1 aromatic carbocycles. The summed E-state index contributed by atoms with van der Waals surface area (Å²) < 4.78 is 23.4. The van der Waals surface area contributed by atoms with Crippen LogP contribution in [0.3, 0.4) is 0 Å². The standard InChI is InChI=1S/C16H13FINO4/c1-22-15(20)11-5-3-4-8-19(14(11)16(21)23-2)13-7-6-10(17)9-12(13)18/h3-9H,1-2H3. The summed E-state index contributed by atoms with van der Waals surface area (Å²) in [5.74, 6) is -1.78. The number of hydrogen-bond acceptors (Lipinski definition) is 5. The first-order chi connectivity index (χ1) is 11.0. The Labute approximate surface area is 146 Å². The highest BCUT2D eigenvalue weighted by molar-refractivity contribution is 14.1. The molecule has 0 N–H and O–H groups in total. The number of carbonyl (C=O) groups is 2. The van der Waals surface area contributed by atoms with Crippen molar-refractivity contribution in [3.05, 3.63) is 63.3 Å². The van der Waals surface area contributed by atoms with Gasteiger partial charge in [-0.15, -0.1) is 0 Å². The second kappa shape index (κ2) is 7.40. The van der Waals surface area contributed by atoms with Gasteiger partial charge in [0, 0.05) is 9.77 Å². The van der Waals surface area contributed by atoms with Crippen molar-refractivity contribution in [3.63, 3.8) is 0 Å². The van der Waals surface area contributed by atoms with Crippen LogP contribution in [0.1, 0.15) is 0 Å². The molecule has 0 spiro atoms. The lowest BCUT2D eigenvalue weighted by molar-refractivity contribution is -0.139. The molecule has 0 radical (unpaired) electrons. The topological polar surface area (TPSA) is 55.8 Å². The average molecular weight is 429 g/mol. The average Bonchev–Trinajstić information content (AvgIpc) is 2.76. The number of hydrogen-bond donors (Lipinski definition) is 0. The first-order valence-corrected chi connectivity index (χ1v) is 7.57. The summed E-state index contributed by atoms with van der Waals surface area (Å²) in [4.78, 5) is 25.7. The van der Waals surface area contributed by atoms with Crippen LogP contribution in [0.4, 0.5) is 10.1 Å². The summed E-state index contributed by atoms with van der Waals surface area (Å²) in [6.07, 6.45) is 6.31. The van der Waals surface area contributed by atoms with E-state index in [0.717, 1.165) is 0 Å². The fourth-order valence-corrected chi connectivity index (χ4v) is 2.76. The number of methoxy groups -OCH3 is 2. The van der Waals surface area contributed by atoms with Gasteiger partial charge in [0.15, 0.2) is 0 Å². The van der Waals surface area contributed by atoms with Gasteiger partial charge in [-0.25, -0.2) is 14.0 Å². The van der Waals surface area contributed by atoms with Crippen LogP contribution in [0, 0.1) is 9.39 Å². The number of anilines is 1. The Morgan fingerprint density at radius 2 is 1.83 bits per heavy atom. The number of halogens is 2. The van der Waals surface area contributed by atoms with Crippen molar-refractivity contribution in [1.29, 1.82) is 0 Å². The third kappa shape index (κ3) is 3.61. The number of rotatable bonds is 3. The van der Waals surface area contributed by atoms with Crippen LogP contribution in [0.15, 0.2) is 53.9 Å². The second-order valence-electron chi connectivity index (χ2n) is 4.41. The normalized spacial score (nSPS) is 13.8. The summed E-state index contributed by atoms with van der Waals surface area (Å²) in [7, 11) is 2.44. The van der Waals surface area contributed by atoms with Gasteiger partial charge in [-0.2, -0.15) is 0 Å². The molecule has 1 aromatic rings. The summed E-state index contributed by atoms with van der Waals surface area (Å²) in [6.45, 7) is 0. The molecule has 0 saturated heterocycles. The molecule has 0 bridgehead atoms. The lowest BCUT2D eigenvalue weighted by Gasteiger charge is -2.24. The van der Waals surface area contributed by atoms with E-state index >= 15 is 0 Å². The summed E-state index contributed by atoms with van der Waals surface area (Å²) in [5, 5.41) is 0. The highest BCUT2D eigenvalue weighted by atomic mass is 127. The molecule has 0 aromatic heterocycles. The lowest BCUT2D eigenvalue weighted by atomic mass is 10.1. The number of benzene rings is 1. The Hall–Kier alpha value is -2.16. The van der Waals surface area contributed by atoms with E-state index in [9.17, 15) is 14.0 Å². The lowest BCUT2D eigenvalue weighted by Crippen LogP contribution is -2.27. The molecule has 0 unspecified atom stereocenters. The zero-order valence-electron chi connectivity index (χ0n) is 12.4. The van der Waals surface area contributed by atoms with E-state index < -0.39 is 17.8 Å². The molecule has 0 amide bonds. The molecule has 0 saturated carbocycles. The third-order valence-corrected chi connectivity index (χ3v) is 3.92. The zero-order chi connectivity index (χ0) is 17.0. The molecular weight excluding hydrogens is 416 g/mol. The molecule has 23 heavy (non-hydrogen) atoms. The van der Waals surface area contributed by atoms with Gasteiger partial charge in [0.25, 0.3) is 0 Å². The first kappa shape index (κ1) is 17.2. The van der Waals surface area contributed by atoms with Gasteiger partial charge in [0.1, 0.15) is 11.5 Å². The fraction of sp³-hybridized carbons (Fsp3) is 0.125. The van der Waals surface area contributed by atoms with E-state index in [1.165, 1.54) is 43.4 Å². The van der Waals surface area contributed by atoms with E-state index in [2.05, 4.69) is 0 Å². The monoisotopic (exact) mass is 429 g/mol. The van der Waals surface area contributed by atoms with Crippen LogP contribution >= 0.6 is 22.6 Å². The summed E-state index contributed by atoms with van der Waals surface area (Å²) in [6, 6.07) is 4.12. The molecule has 0 atom stereocenters. The Kier molecular flexibility index (Phi) is 5.54. The zero-order valence-corrected chi connectivity index (χ0v) is 14.5. The van der Waals surface area contributed by atoms with Crippen molar-refractivity contribution in [2.45, 2.75) is 0 Å². The second-order valence-corrected chi connectivity index (χ2v) is 5.57. The van der Waals surface area contributed by atoms with E-state index in [1.54, 1.807) is 18.4 Å². The van der Waals surface area contributed by atoms with Gasteiger partial charge >= 0.3 is 11.9 Å². The molecule has 1 aliphatic rings. The van der Waals surface area contributed by atoms with Crippen molar-refractivity contribution >= 4 is 40.2 Å². The number of esters is 2. The van der Waals surface area contributed by atoms with Gasteiger partial charge in [-0.05, 0) is 52.9 Å². The minimum Gasteiger partial charge on any atom is -0.465 e. The number of carbonyl (C=O) groups excluding carboxylic acids is 2. The number of ether oxygens (including phenoxy) is 2. The van der Waals surface area contributed by atoms with Crippen LogP contribution < -0.4 is 4.90 Å². The van der Waals surface area contributed by atoms with Gasteiger partial charge in [0.2, 0.25) is 0 Å². The van der Waals surface area contributed by atoms with Crippen LogP contribution in [0.2, 0.25) is 0 Å². The van der Waals surface area contributed by atoms with E-state index in [4.69, 9.17) is 9.47 Å². The van der Waals surface area contributed by atoms with E-state index in [1.807, 2.05) is 22.6 Å². The molecular formula is C16H13FINO4. The molecule has 1 aliphatic heterocycles. The van der Waals surface area contributed by atoms with Crippen LogP contribution in [-0.4, -0.2) is 26.2 Å². The highest BCUT2D eigenvalue weighted by Gasteiger charge is 2.28. The largest absolute Gasteiger partial charge is 0.465 e. The molecule has 1 heterocycles. The summed E-state index contributed by atoms with van der Waals surface area (Å²) in [5.41, 5.74) is 0.576. The minimum absolute atomic E-state index is 0.00567. The molecule has 0 aliphatic carbocycles. The third-order valence-electron chi connectivity index (χ3n) is 3.06. The minimum atomic E-state index is -0.707. The van der Waals surface area contributed by atoms with Crippen LogP contribution in [-0.2, 0) is 19.1 Å². The maximum absolute atomic E-state index is 13.3. The van der Waals surface area contributed by atoms with Gasteiger partial charge in [0.05, 0.1) is 25.5 Å². The van der Waals surface area contributed by atoms with Crippen molar-refractivity contribution in [2.24, 2.45) is 0 Å². The molecule has 0 fully saturated rings. The quantitative estimate of drug-likeness (QED) is 0.547. The Morgan fingerprint density at radius 1 is 1.13 bits per heavy atom. The van der Waals surface area contributed by atoms with Gasteiger partial charge in [-0.3, -0.25) is 0 Å². The molecule has 120 valence electrons. The number of nitrogens with zero attached hydrogens (tertiary/aromatic N) is 1. The van der Waals surface area contributed by atoms with Crippen molar-refractivity contribution < 1.29 is 23.5 Å². The Bertz CT molecular complexity index is 740. The fourth-order valence-electron chi connectivity index (χ4n) is 2.03. The maximum atomic E-state index is 13.3. The van der Waals surface area contributed by atoms with Crippen LogP contribution in [0.25, 0.3) is 0 Å². The SMILES string of the molecule is COC(=O)C1=C(C(=O)OC)N(c2ccc(F)cc2I)C=CC=C1. The predicted molar refractivity (Wildman–Crippen MR) is 90.9 cm³/mol. The smallest absolute Gasteiger partial charge is 0.355 e. The van der Waals surface area contributed by atoms with E-state index in [-0.39, 0.29) is 11.3 Å². The van der Waals surface area contributed by atoms with Crippen molar-refractivity contribution in [2.75, 3.05) is 19.1 Å². The van der Waals surface area contributed by atoms with Gasteiger partial charge < -0.3 is 14.4 Å². The van der Waals surface area contributed by atoms with E-state index in [0.29, 0.717) is 9.26 Å². The van der Waals surface area contributed by atoms with Gasteiger partial charge in [-0.1, -0.05) is 6.08 Å². The highest BCUT2D eigenvalue weighted by Crippen LogP contribution is 2.30. The molecule has 7 heteroatoms. The maximum Gasteiger partial charge on any atom is 0.355 e. The van der Waals surface area contributed by atoms with Crippen LogP contribution in [0.5, 0.6) is 0 Å². The Morgan fingerprint density at radius 3 is 2.43 bits per heavy atom. The predicted octanol–water partition coefficient (Wildman–Crippen LogP) is 2.92. The Balaban J connectivity index is 2.68. The molecule has 2 rings (SSSR count). The first-order valence-electron chi connectivity index (χ1n) is 6.49. The van der Waals surface area contributed by atoms with Crippen molar-refractivity contribution in [1.82, 2.24) is 0 Å².